The van der Waals surface area contributed by atoms with Gasteiger partial charge in [0.1, 0.15) is 17.6 Å². The van der Waals surface area contributed by atoms with E-state index in [1.54, 1.807) is 7.11 Å². The molecule has 2 aromatic carbocycles. The first-order valence-corrected chi connectivity index (χ1v) is 9.59. The predicted molar refractivity (Wildman–Crippen MR) is 114 cm³/mol. The van der Waals surface area contributed by atoms with Crippen LogP contribution in [0.15, 0.2) is 40.9 Å². The van der Waals surface area contributed by atoms with Crippen LogP contribution in [0.4, 0.5) is 5.69 Å². The topological polar surface area (TPSA) is 64.9 Å². The Bertz CT molecular complexity index is 1030. The molecular weight excluding hydrogens is 404 g/mol. The minimum Gasteiger partial charge on any atom is -0.497 e. The summed E-state index contributed by atoms with van der Waals surface area (Å²) in [5, 5.41) is 9.63. The molecule has 3 rings (SSSR count). The van der Waals surface area contributed by atoms with Crippen molar-refractivity contribution in [2.24, 2.45) is 0 Å². The van der Waals surface area contributed by atoms with Gasteiger partial charge in [0, 0.05) is 23.6 Å². The number of H-pyrrole nitrogens is 1. The normalized spacial score (nSPS) is 11.4. The molecule has 1 aromatic heterocycles. The number of rotatable bonds is 6. The van der Waals surface area contributed by atoms with E-state index in [-0.39, 0.29) is 0 Å². The summed E-state index contributed by atoms with van der Waals surface area (Å²) in [5.74, 6) is 1.29. The predicted octanol–water partition coefficient (Wildman–Crippen LogP) is 5.24. The van der Waals surface area contributed by atoms with Crippen LogP contribution in [0.1, 0.15) is 25.2 Å². The highest BCUT2D eigenvalue weighted by atomic mass is 79.9. The average Bonchev–Trinajstić information content (AvgIpc) is 3.11. The van der Waals surface area contributed by atoms with Crippen molar-refractivity contribution in [3.8, 4) is 11.8 Å². The molecule has 1 N–H and O–H groups in total. The van der Waals surface area contributed by atoms with E-state index < -0.39 is 0 Å². The molecule has 6 heteroatoms. The molecule has 0 amide bonds. The van der Waals surface area contributed by atoms with E-state index in [1.165, 1.54) is 0 Å². The van der Waals surface area contributed by atoms with Gasteiger partial charge in [0.2, 0.25) is 0 Å². The van der Waals surface area contributed by atoms with Crippen molar-refractivity contribution in [2.75, 3.05) is 25.1 Å². The molecule has 0 saturated carbocycles. The molecule has 0 bridgehead atoms. The Morgan fingerprint density at radius 1 is 1.26 bits per heavy atom. The van der Waals surface area contributed by atoms with Crippen molar-refractivity contribution in [1.29, 1.82) is 5.26 Å². The molecule has 5 nitrogen and oxygen atoms in total. The zero-order chi connectivity index (χ0) is 19.4. The number of halogens is 1. The largest absolute Gasteiger partial charge is 0.497 e. The fraction of sp³-hybridized carbons (Fsp3) is 0.238. The van der Waals surface area contributed by atoms with E-state index >= 15 is 0 Å². The molecular formula is C21H21BrN4O. The van der Waals surface area contributed by atoms with Crippen LogP contribution in [0.25, 0.3) is 22.7 Å². The molecule has 27 heavy (non-hydrogen) atoms. The molecule has 0 spiro atoms. The number of aromatic nitrogens is 2. The van der Waals surface area contributed by atoms with Crippen molar-refractivity contribution in [2.45, 2.75) is 13.8 Å². The van der Waals surface area contributed by atoms with Crippen LogP contribution < -0.4 is 9.64 Å². The monoisotopic (exact) mass is 424 g/mol. The highest BCUT2D eigenvalue weighted by molar-refractivity contribution is 9.10. The van der Waals surface area contributed by atoms with Crippen LogP contribution in [0.5, 0.6) is 5.75 Å². The number of methoxy groups -OCH3 is 1. The van der Waals surface area contributed by atoms with Gasteiger partial charge in [0.05, 0.1) is 29.4 Å². The third-order valence-electron chi connectivity index (χ3n) is 4.45. The maximum absolute atomic E-state index is 9.63. The maximum Gasteiger partial charge on any atom is 0.149 e. The number of anilines is 1. The third-order valence-corrected chi connectivity index (χ3v) is 5.09. The molecule has 0 aliphatic rings. The number of ether oxygens (including phenoxy) is 1. The van der Waals surface area contributed by atoms with Crippen molar-refractivity contribution >= 4 is 44.3 Å². The minimum absolute atomic E-state index is 0.479. The first-order chi connectivity index (χ1) is 13.1. The highest BCUT2D eigenvalue weighted by Gasteiger charge is 2.11. The van der Waals surface area contributed by atoms with E-state index in [1.807, 2.05) is 36.4 Å². The number of hydrogen-bond acceptors (Lipinski definition) is 4. The molecule has 0 fully saturated rings. The van der Waals surface area contributed by atoms with Gasteiger partial charge in [-0.15, -0.1) is 0 Å². The fourth-order valence-corrected chi connectivity index (χ4v) is 3.64. The number of imidazole rings is 1. The number of nitriles is 1. The summed E-state index contributed by atoms with van der Waals surface area (Å²) in [6, 6.07) is 14.0. The zero-order valence-corrected chi connectivity index (χ0v) is 17.2. The highest BCUT2D eigenvalue weighted by Crippen LogP contribution is 2.29. The lowest BCUT2D eigenvalue weighted by atomic mass is 10.1. The zero-order valence-electron chi connectivity index (χ0n) is 15.6. The Balaban J connectivity index is 1.97. The van der Waals surface area contributed by atoms with Gasteiger partial charge in [-0.1, -0.05) is 6.07 Å². The molecule has 0 aliphatic heterocycles. The van der Waals surface area contributed by atoms with Crippen LogP contribution in [0.2, 0.25) is 0 Å². The number of aromatic amines is 1. The van der Waals surface area contributed by atoms with Gasteiger partial charge in [-0.3, -0.25) is 0 Å². The Labute approximate surface area is 167 Å². The van der Waals surface area contributed by atoms with Gasteiger partial charge in [0.25, 0.3) is 0 Å². The number of nitrogens with zero attached hydrogens (tertiary/aromatic N) is 3. The molecule has 0 aliphatic carbocycles. The smallest absolute Gasteiger partial charge is 0.149 e. The molecule has 3 aromatic rings. The van der Waals surface area contributed by atoms with Crippen molar-refractivity contribution < 1.29 is 4.74 Å². The molecule has 0 atom stereocenters. The number of fused-ring (bicyclic) bond motifs is 1. The van der Waals surface area contributed by atoms with E-state index in [4.69, 9.17) is 4.74 Å². The van der Waals surface area contributed by atoms with E-state index in [0.29, 0.717) is 11.4 Å². The minimum atomic E-state index is 0.479. The number of nitrogens with one attached hydrogen (secondary N) is 1. The van der Waals surface area contributed by atoms with E-state index in [9.17, 15) is 5.26 Å². The summed E-state index contributed by atoms with van der Waals surface area (Å²) >= 11 is 3.65. The SMILES string of the molecule is CCN(CC)c1ccc(/C=C(/C#N)c2nc3ccc(OC)cc3[nH]2)cc1Br. The van der Waals surface area contributed by atoms with E-state index in [2.05, 4.69) is 56.8 Å². The summed E-state index contributed by atoms with van der Waals surface area (Å²) < 4.78 is 6.25. The van der Waals surface area contributed by atoms with Crippen LogP contribution in [0.3, 0.4) is 0 Å². The fourth-order valence-electron chi connectivity index (χ4n) is 3.00. The first-order valence-electron chi connectivity index (χ1n) is 8.80. The summed E-state index contributed by atoms with van der Waals surface area (Å²) in [7, 11) is 1.62. The molecule has 0 radical (unpaired) electrons. The summed E-state index contributed by atoms with van der Waals surface area (Å²) in [5.41, 5.74) is 4.19. The van der Waals surface area contributed by atoms with Crippen LogP contribution in [-0.4, -0.2) is 30.2 Å². The summed E-state index contributed by atoms with van der Waals surface area (Å²) in [4.78, 5) is 10.0. The maximum atomic E-state index is 9.63. The average molecular weight is 425 g/mol. The van der Waals surface area contributed by atoms with Gasteiger partial charge < -0.3 is 14.6 Å². The Morgan fingerprint density at radius 3 is 2.67 bits per heavy atom. The lowest BCUT2D eigenvalue weighted by Crippen LogP contribution is -2.22. The van der Waals surface area contributed by atoms with Gasteiger partial charge in [0.15, 0.2) is 0 Å². The molecule has 0 saturated heterocycles. The Morgan fingerprint density at radius 2 is 2.04 bits per heavy atom. The number of benzene rings is 2. The Kier molecular flexibility index (Phi) is 5.82. The quantitative estimate of drug-likeness (QED) is 0.549. The Hall–Kier alpha value is -2.78. The van der Waals surface area contributed by atoms with E-state index in [0.717, 1.165) is 45.6 Å². The van der Waals surface area contributed by atoms with Crippen molar-refractivity contribution in [3.05, 3.63) is 52.3 Å². The summed E-state index contributed by atoms with van der Waals surface area (Å²) in [6.45, 7) is 6.15. The van der Waals surface area contributed by atoms with Gasteiger partial charge in [-0.2, -0.15) is 5.26 Å². The lowest BCUT2D eigenvalue weighted by Gasteiger charge is -2.22. The van der Waals surface area contributed by atoms with Crippen molar-refractivity contribution in [1.82, 2.24) is 9.97 Å². The van der Waals surface area contributed by atoms with Crippen LogP contribution in [-0.2, 0) is 0 Å². The second-order valence-electron chi connectivity index (χ2n) is 6.02. The number of hydrogen-bond donors (Lipinski definition) is 1. The third kappa shape index (κ3) is 3.99. The second-order valence-corrected chi connectivity index (χ2v) is 6.88. The number of allylic oxidation sites excluding steroid dienone is 1. The second kappa shape index (κ2) is 8.28. The van der Waals surface area contributed by atoms with Gasteiger partial charge >= 0.3 is 0 Å². The summed E-state index contributed by atoms with van der Waals surface area (Å²) in [6.07, 6.45) is 1.84. The lowest BCUT2D eigenvalue weighted by molar-refractivity contribution is 0.415. The first kappa shape index (κ1) is 19.0. The van der Waals surface area contributed by atoms with Crippen molar-refractivity contribution in [3.63, 3.8) is 0 Å². The molecule has 1 heterocycles. The van der Waals surface area contributed by atoms with Gasteiger partial charge in [-0.05, 0) is 65.7 Å². The standard InChI is InChI=1S/C21H21BrN4O/c1-4-26(5-2)20-9-6-14(11-17(20)22)10-15(13-23)21-24-18-8-7-16(27-3)12-19(18)25-21/h6-12H,4-5H2,1-3H3,(H,24,25)/b15-10-. The van der Waals surface area contributed by atoms with Crippen LogP contribution >= 0.6 is 15.9 Å². The van der Waals surface area contributed by atoms with Crippen LogP contribution in [0, 0.1) is 11.3 Å². The molecule has 138 valence electrons. The van der Waals surface area contributed by atoms with Gasteiger partial charge in [-0.25, -0.2) is 4.98 Å². The molecule has 0 unspecified atom stereocenters.